The summed E-state index contributed by atoms with van der Waals surface area (Å²) in [6.07, 6.45) is 3.45. The van der Waals surface area contributed by atoms with Crippen LogP contribution in [0, 0.1) is 17.4 Å². The van der Waals surface area contributed by atoms with E-state index in [1.807, 2.05) is 0 Å². The summed E-state index contributed by atoms with van der Waals surface area (Å²) < 4.78 is 6.67. The van der Waals surface area contributed by atoms with Crippen molar-refractivity contribution >= 4 is 22.7 Å². The summed E-state index contributed by atoms with van der Waals surface area (Å²) in [5, 5.41) is 0.177. The molecule has 4 heteroatoms. The molecule has 0 heterocycles. The molecule has 0 aliphatic heterocycles. The van der Waals surface area contributed by atoms with Crippen molar-refractivity contribution in [1.82, 2.24) is 0 Å². The molecule has 0 aromatic carbocycles. The van der Waals surface area contributed by atoms with E-state index in [1.54, 1.807) is 0 Å². The number of carbonyl (C=O) groups is 1. The number of carbonyl (C=O) groups excluding carboxylic acids is 1. The Kier molecular flexibility index (Phi) is 11.0. The van der Waals surface area contributed by atoms with Gasteiger partial charge in [0.1, 0.15) is 14.4 Å². The molecule has 0 amide bonds. The van der Waals surface area contributed by atoms with Gasteiger partial charge in [-0.25, -0.2) is 0 Å². The Hall–Kier alpha value is -0.376. The first-order valence-corrected chi connectivity index (χ1v) is 16.4. The molecule has 0 aromatic rings. The highest BCUT2D eigenvalue weighted by Crippen LogP contribution is 2.41. The van der Waals surface area contributed by atoms with Gasteiger partial charge in [0.25, 0.3) is 0 Å². The lowest BCUT2D eigenvalue weighted by atomic mass is 10.0. The van der Waals surface area contributed by atoms with Crippen LogP contribution in [0.5, 0.6) is 0 Å². The van der Waals surface area contributed by atoms with Crippen LogP contribution in [-0.2, 0) is 9.22 Å². The maximum atomic E-state index is 11.0. The van der Waals surface area contributed by atoms with E-state index in [9.17, 15) is 4.79 Å². The summed E-state index contributed by atoms with van der Waals surface area (Å²) in [6, 6.07) is 0. The largest absolute Gasteiger partial charge is 0.414 e. The van der Waals surface area contributed by atoms with Gasteiger partial charge in [-0.3, -0.25) is 0 Å². The van der Waals surface area contributed by atoms with Crippen molar-refractivity contribution in [3.8, 4) is 11.5 Å². The molecule has 0 spiro atoms. The first-order valence-electron chi connectivity index (χ1n) is 11.3. The van der Waals surface area contributed by atoms with Crippen molar-refractivity contribution in [2.24, 2.45) is 5.92 Å². The van der Waals surface area contributed by atoms with Gasteiger partial charge in [-0.15, -0.1) is 11.5 Å². The zero-order valence-corrected chi connectivity index (χ0v) is 22.9. The average molecular weight is 425 g/mol. The molecule has 0 aromatic heterocycles. The zero-order valence-electron chi connectivity index (χ0n) is 20.9. The lowest BCUT2D eigenvalue weighted by Gasteiger charge is -2.40. The van der Waals surface area contributed by atoms with Crippen LogP contribution in [0.1, 0.15) is 88.5 Å². The van der Waals surface area contributed by atoms with Gasteiger partial charge >= 0.3 is 0 Å². The fourth-order valence-corrected chi connectivity index (χ4v) is 11.0. The standard InChI is InChI=1S/C24H48O2Si2/c1-19(2)28(20(3)4,21(5)6)17-15-22(7)18-23(14-13-16-25)26-27(11,12)24(8,9)10/h16,19-23H,13-14,18H2,1-12H3/t22-,23+/m0/s1. The van der Waals surface area contributed by atoms with E-state index >= 15 is 0 Å². The lowest BCUT2D eigenvalue weighted by molar-refractivity contribution is -0.108. The Balaban J connectivity index is 5.53. The minimum absolute atomic E-state index is 0.128. The molecule has 0 aliphatic carbocycles. The van der Waals surface area contributed by atoms with Crippen LogP contribution in [0.4, 0.5) is 0 Å². The van der Waals surface area contributed by atoms with Crippen LogP contribution in [0.3, 0.4) is 0 Å². The topological polar surface area (TPSA) is 26.3 Å². The molecule has 0 aliphatic rings. The Morgan fingerprint density at radius 1 is 0.929 bits per heavy atom. The summed E-state index contributed by atoms with van der Waals surface area (Å²) in [4.78, 5) is 11.0. The van der Waals surface area contributed by atoms with Crippen LogP contribution in [0.2, 0.25) is 34.8 Å². The molecular weight excluding hydrogens is 376 g/mol. The van der Waals surface area contributed by atoms with E-state index in [1.165, 1.54) is 0 Å². The van der Waals surface area contributed by atoms with Crippen molar-refractivity contribution in [3.63, 3.8) is 0 Å². The molecule has 0 fully saturated rings. The average Bonchev–Trinajstić information content (AvgIpc) is 2.50. The zero-order chi connectivity index (χ0) is 22.3. The summed E-state index contributed by atoms with van der Waals surface area (Å²) in [6.45, 7) is 27.8. The van der Waals surface area contributed by atoms with Crippen LogP contribution < -0.4 is 0 Å². The van der Waals surface area contributed by atoms with E-state index in [0.29, 0.717) is 29.0 Å². The Morgan fingerprint density at radius 2 is 1.39 bits per heavy atom. The predicted octanol–water partition coefficient (Wildman–Crippen LogP) is 7.60. The Bertz CT molecular complexity index is 511. The molecule has 0 rings (SSSR count). The molecule has 0 bridgehead atoms. The summed E-state index contributed by atoms with van der Waals surface area (Å²) >= 11 is 0. The molecule has 0 saturated heterocycles. The SMILES string of the molecule is CC(C)[Si](C#C[C@H](C)C[C@@H](CCC=O)O[Si](C)(C)C(C)(C)C)(C(C)C)C(C)C. The highest BCUT2D eigenvalue weighted by Gasteiger charge is 2.42. The summed E-state index contributed by atoms with van der Waals surface area (Å²) in [7, 11) is -3.55. The normalized spacial score (nSPS) is 15.5. The molecule has 0 saturated carbocycles. The van der Waals surface area contributed by atoms with Gasteiger partial charge in [-0.1, -0.05) is 69.2 Å². The summed E-state index contributed by atoms with van der Waals surface area (Å²) in [5.41, 5.74) is 5.82. The molecule has 0 radical (unpaired) electrons. The third-order valence-electron chi connectivity index (χ3n) is 6.89. The van der Waals surface area contributed by atoms with Crippen molar-refractivity contribution in [2.75, 3.05) is 0 Å². The van der Waals surface area contributed by atoms with Gasteiger partial charge in [0.2, 0.25) is 0 Å². The second kappa shape index (κ2) is 11.1. The monoisotopic (exact) mass is 424 g/mol. The van der Waals surface area contributed by atoms with Crippen LogP contribution in [-0.4, -0.2) is 28.8 Å². The fraction of sp³-hybridized carbons (Fsp3) is 0.875. The van der Waals surface area contributed by atoms with Gasteiger partial charge in [0.05, 0.1) is 0 Å². The van der Waals surface area contributed by atoms with Gasteiger partial charge in [0.15, 0.2) is 8.32 Å². The number of rotatable bonds is 10. The van der Waals surface area contributed by atoms with E-state index in [4.69, 9.17) is 4.43 Å². The third kappa shape index (κ3) is 7.46. The second-order valence-electron chi connectivity index (χ2n) is 11.0. The van der Waals surface area contributed by atoms with Gasteiger partial charge in [-0.2, -0.15) is 0 Å². The minimum atomic E-state index is -1.85. The Labute approximate surface area is 178 Å². The highest BCUT2D eigenvalue weighted by molar-refractivity contribution is 6.90. The highest BCUT2D eigenvalue weighted by atomic mass is 28.4. The smallest absolute Gasteiger partial charge is 0.192 e. The number of aldehydes is 1. The number of hydrogen-bond acceptors (Lipinski definition) is 2. The van der Waals surface area contributed by atoms with Crippen molar-refractivity contribution < 1.29 is 9.22 Å². The minimum Gasteiger partial charge on any atom is -0.414 e. The second-order valence-corrected chi connectivity index (χ2v) is 21.4. The van der Waals surface area contributed by atoms with Gasteiger partial charge in [-0.05, 0) is 47.6 Å². The summed E-state index contributed by atoms with van der Waals surface area (Å²) in [5.74, 6) is 3.95. The molecule has 2 nitrogen and oxygen atoms in total. The lowest BCUT2D eigenvalue weighted by Crippen LogP contribution is -2.44. The molecule has 0 unspecified atom stereocenters. The van der Waals surface area contributed by atoms with Crippen LogP contribution >= 0.6 is 0 Å². The molecule has 0 N–H and O–H groups in total. The Morgan fingerprint density at radius 3 is 1.75 bits per heavy atom. The quantitative estimate of drug-likeness (QED) is 0.205. The number of hydrogen-bond donors (Lipinski definition) is 0. The van der Waals surface area contributed by atoms with E-state index in [0.717, 1.165) is 19.1 Å². The first kappa shape index (κ1) is 27.6. The van der Waals surface area contributed by atoms with Gasteiger partial charge < -0.3 is 9.22 Å². The molecule has 164 valence electrons. The van der Waals surface area contributed by atoms with Crippen molar-refractivity contribution in [2.45, 2.75) is 129 Å². The van der Waals surface area contributed by atoms with Gasteiger partial charge in [0, 0.05) is 18.4 Å². The molecular formula is C24H48O2Si2. The fourth-order valence-electron chi connectivity index (χ4n) is 4.21. The predicted molar refractivity (Wildman–Crippen MR) is 130 cm³/mol. The van der Waals surface area contributed by atoms with Crippen LogP contribution in [0.25, 0.3) is 0 Å². The maximum absolute atomic E-state index is 11.0. The first-order chi connectivity index (χ1) is 12.6. The van der Waals surface area contributed by atoms with E-state index in [2.05, 4.69) is 93.8 Å². The van der Waals surface area contributed by atoms with E-state index in [-0.39, 0.29) is 11.1 Å². The third-order valence-corrected chi connectivity index (χ3v) is 17.7. The maximum Gasteiger partial charge on any atom is 0.192 e. The molecule has 28 heavy (non-hydrogen) atoms. The van der Waals surface area contributed by atoms with Crippen molar-refractivity contribution in [1.29, 1.82) is 0 Å². The van der Waals surface area contributed by atoms with Crippen molar-refractivity contribution in [3.05, 3.63) is 0 Å². The van der Waals surface area contributed by atoms with Crippen LogP contribution in [0.15, 0.2) is 0 Å². The molecule has 2 atom stereocenters. The van der Waals surface area contributed by atoms with E-state index < -0.39 is 16.4 Å².